The molecule has 6 heteroatoms. The topological polar surface area (TPSA) is 78.9 Å². The number of benzene rings is 1. The zero-order valence-corrected chi connectivity index (χ0v) is 14.8. The van der Waals surface area contributed by atoms with Gasteiger partial charge in [-0.05, 0) is 43.9 Å². The van der Waals surface area contributed by atoms with Crippen LogP contribution in [-0.4, -0.2) is 47.1 Å². The highest BCUT2D eigenvalue weighted by Crippen LogP contribution is 2.28. The van der Waals surface area contributed by atoms with E-state index in [4.69, 9.17) is 4.74 Å². The summed E-state index contributed by atoms with van der Waals surface area (Å²) in [4.78, 5) is 25.6. The molecule has 3 atom stereocenters. The number of nitrogens with one attached hydrogen (secondary N) is 1. The van der Waals surface area contributed by atoms with Crippen LogP contribution in [0, 0.1) is 0 Å². The maximum absolute atomic E-state index is 12.4. The summed E-state index contributed by atoms with van der Waals surface area (Å²) in [6, 6.07) is 5.58. The van der Waals surface area contributed by atoms with E-state index < -0.39 is 6.10 Å². The van der Waals surface area contributed by atoms with Crippen LogP contribution in [0.2, 0.25) is 0 Å². The Hall–Kier alpha value is -1.92. The lowest BCUT2D eigenvalue weighted by atomic mass is 9.96. The molecule has 0 saturated carbocycles. The highest BCUT2D eigenvalue weighted by atomic mass is 16.5. The summed E-state index contributed by atoms with van der Waals surface area (Å²) in [5.41, 5.74) is 2.66. The van der Waals surface area contributed by atoms with Gasteiger partial charge in [-0.2, -0.15) is 0 Å². The number of aliphatic hydroxyl groups is 1. The first-order chi connectivity index (χ1) is 11.9. The minimum absolute atomic E-state index is 0.0281. The van der Waals surface area contributed by atoms with Gasteiger partial charge in [0.1, 0.15) is 0 Å². The molecule has 0 unspecified atom stereocenters. The van der Waals surface area contributed by atoms with Gasteiger partial charge in [0.2, 0.25) is 11.8 Å². The molecule has 25 heavy (non-hydrogen) atoms. The van der Waals surface area contributed by atoms with Crippen LogP contribution in [-0.2, 0) is 20.7 Å². The van der Waals surface area contributed by atoms with E-state index in [9.17, 15) is 14.7 Å². The van der Waals surface area contributed by atoms with Crippen molar-refractivity contribution in [3.63, 3.8) is 0 Å². The minimum Gasteiger partial charge on any atom is -0.388 e. The van der Waals surface area contributed by atoms with Gasteiger partial charge in [-0.1, -0.05) is 12.1 Å². The SMILES string of the molecule is C[C@@H]1CN(C(=O)CC[C@H](O)c2ccc3c(c2)CCC(=O)N3)C[C@@H](C)O1. The molecule has 1 saturated heterocycles. The van der Waals surface area contributed by atoms with E-state index in [1.54, 1.807) is 0 Å². The number of amides is 2. The lowest BCUT2D eigenvalue weighted by Crippen LogP contribution is -2.48. The van der Waals surface area contributed by atoms with Crippen molar-refractivity contribution in [1.29, 1.82) is 0 Å². The number of rotatable bonds is 4. The predicted molar refractivity (Wildman–Crippen MR) is 94.2 cm³/mol. The monoisotopic (exact) mass is 346 g/mol. The fourth-order valence-electron chi connectivity index (χ4n) is 3.58. The van der Waals surface area contributed by atoms with Crippen molar-refractivity contribution in [3.8, 4) is 0 Å². The molecule has 136 valence electrons. The first kappa shape index (κ1) is 17.9. The Bertz CT molecular complexity index is 651. The van der Waals surface area contributed by atoms with Gasteiger partial charge < -0.3 is 20.1 Å². The number of carbonyl (C=O) groups excluding carboxylic acids is 2. The van der Waals surface area contributed by atoms with Crippen LogP contribution in [0.4, 0.5) is 5.69 Å². The second-order valence-corrected chi connectivity index (χ2v) is 7.08. The van der Waals surface area contributed by atoms with Gasteiger partial charge in [0.15, 0.2) is 0 Å². The summed E-state index contributed by atoms with van der Waals surface area (Å²) >= 11 is 0. The van der Waals surface area contributed by atoms with Crippen molar-refractivity contribution in [2.45, 2.75) is 57.8 Å². The summed E-state index contributed by atoms with van der Waals surface area (Å²) in [5, 5.41) is 13.3. The van der Waals surface area contributed by atoms with Crippen LogP contribution in [0.1, 0.15) is 50.3 Å². The molecule has 0 spiro atoms. The van der Waals surface area contributed by atoms with Crippen LogP contribution in [0.5, 0.6) is 0 Å². The van der Waals surface area contributed by atoms with E-state index in [0.717, 1.165) is 16.8 Å². The second-order valence-electron chi connectivity index (χ2n) is 7.08. The van der Waals surface area contributed by atoms with Crippen molar-refractivity contribution in [2.24, 2.45) is 0 Å². The van der Waals surface area contributed by atoms with Crippen molar-refractivity contribution >= 4 is 17.5 Å². The zero-order valence-electron chi connectivity index (χ0n) is 14.8. The molecule has 1 fully saturated rings. The molecule has 2 aliphatic heterocycles. The lowest BCUT2D eigenvalue weighted by molar-refractivity contribution is -0.143. The van der Waals surface area contributed by atoms with Crippen LogP contribution in [0.25, 0.3) is 0 Å². The second kappa shape index (κ2) is 7.54. The Morgan fingerprint density at radius 3 is 2.76 bits per heavy atom. The molecule has 2 N–H and O–H groups in total. The predicted octanol–water partition coefficient (Wildman–Crippen LogP) is 2.02. The van der Waals surface area contributed by atoms with Crippen LogP contribution < -0.4 is 5.32 Å². The van der Waals surface area contributed by atoms with E-state index in [1.165, 1.54) is 0 Å². The van der Waals surface area contributed by atoms with Crippen LogP contribution in [0.3, 0.4) is 0 Å². The van der Waals surface area contributed by atoms with Crippen LogP contribution >= 0.6 is 0 Å². The molecule has 0 aromatic heterocycles. The van der Waals surface area contributed by atoms with E-state index in [0.29, 0.717) is 38.8 Å². The van der Waals surface area contributed by atoms with Gasteiger partial charge in [-0.15, -0.1) is 0 Å². The maximum Gasteiger partial charge on any atom is 0.224 e. The molecule has 2 amide bonds. The number of hydrogen-bond donors (Lipinski definition) is 2. The molecule has 2 heterocycles. The Labute approximate surface area is 148 Å². The Morgan fingerprint density at radius 2 is 2.04 bits per heavy atom. The van der Waals surface area contributed by atoms with E-state index in [1.807, 2.05) is 36.9 Å². The number of ether oxygens (including phenoxy) is 1. The molecular formula is C19H26N2O4. The molecule has 0 bridgehead atoms. The van der Waals surface area contributed by atoms with Crippen molar-refractivity contribution in [1.82, 2.24) is 4.90 Å². The third-order valence-corrected chi connectivity index (χ3v) is 4.81. The molecule has 6 nitrogen and oxygen atoms in total. The summed E-state index contributed by atoms with van der Waals surface area (Å²) in [6.45, 7) is 5.16. The van der Waals surface area contributed by atoms with Gasteiger partial charge in [0, 0.05) is 31.6 Å². The number of carbonyl (C=O) groups is 2. The number of fused-ring (bicyclic) bond motifs is 1. The van der Waals surface area contributed by atoms with Gasteiger partial charge in [0.25, 0.3) is 0 Å². The van der Waals surface area contributed by atoms with Crippen LogP contribution in [0.15, 0.2) is 18.2 Å². The number of nitrogens with zero attached hydrogens (tertiary/aromatic N) is 1. The van der Waals surface area contributed by atoms with Gasteiger partial charge >= 0.3 is 0 Å². The smallest absolute Gasteiger partial charge is 0.224 e. The molecule has 0 radical (unpaired) electrons. The van der Waals surface area contributed by atoms with E-state index >= 15 is 0 Å². The number of aliphatic hydroxyl groups excluding tert-OH is 1. The molecule has 0 aliphatic carbocycles. The quantitative estimate of drug-likeness (QED) is 0.874. The molecular weight excluding hydrogens is 320 g/mol. The zero-order chi connectivity index (χ0) is 18.0. The molecule has 1 aromatic carbocycles. The van der Waals surface area contributed by atoms with Crippen molar-refractivity contribution in [3.05, 3.63) is 29.3 Å². The molecule has 3 rings (SSSR count). The number of anilines is 1. The largest absolute Gasteiger partial charge is 0.388 e. The van der Waals surface area contributed by atoms with Crippen molar-refractivity contribution in [2.75, 3.05) is 18.4 Å². The maximum atomic E-state index is 12.4. The molecule has 1 aromatic rings. The molecule has 2 aliphatic rings. The highest BCUT2D eigenvalue weighted by Gasteiger charge is 2.26. The van der Waals surface area contributed by atoms with Gasteiger partial charge in [0.05, 0.1) is 18.3 Å². The van der Waals surface area contributed by atoms with Crippen molar-refractivity contribution < 1.29 is 19.4 Å². The van der Waals surface area contributed by atoms with E-state index in [2.05, 4.69) is 5.32 Å². The standard InChI is InChI=1S/C19H26N2O4/c1-12-10-21(11-13(2)25-12)19(24)8-6-17(22)15-3-5-16-14(9-15)4-7-18(23)20-16/h3,5,9,12-13,17,22H,4,6-8,10-11H2,1-2H3,(H,20,23)/t12-,13-,17+/m1/s1. The fourth-order valence-corrected chi connectivity index (χ4v) is 3.58. The highest BCUT2D eigenvalue weighted by molar-refractivity contribution is 5.93. The number of morpholine rings is 1. The number of aryl methyl sites for hydroxylation is 1. The first-order valence-corrected chi connectivity index (χ1v) is 8.96. The average molecular weight is 346 g/mol. The van der Waals surface area contributed by atoms with E-state index in [-0.39, 0.29) is 24.0 Å². The summed E-state index contributed by atoms with van der Waals surface area (Å²) in [5.74, 6) is 0.0895. The lowest BCUT2D eigenvalue weighted by Gasteiger charge is -2.35. The van der Waals surface area contributed by atoms with Gasteiger partial charge in [-0.3, -0.25) is 9.59 Å². The summed E-state index contributed by atoms with van der Waals surface area (Å²) in [7, 11) is 0. The fraction of sp³-hybridized carbons (Fsp3) is 0.579. The summed E-state index contributed by atoms with van der Waals surface area (Å²) < 4.78 is 5.65. The normalized spacial score (nSPS) is 24.4. The summed E-state index contributed by atoms with van der Waals surface area (Å²) in [6.07, 6.45) is 1.28. The third kappa shape index (κ3) is 4.38. The first-order valence-electron chi connectivity index (χ1n) is 8.96. The van der Waals surface area contributed by atoms with Gasteiger partial charge in [-0.25, -0.2) is 0 Å². The third-order valence-electron chi connectivity index (χ3n) is 4.81. The average Bonchev–Trinajstić information content (AvgIpc) is 2.58. The Morgan fingerprint density at radius 1 is 1.32 bits per heavy atom. The number of hydrogen-bond acceptors (Lipinski definition) is 4. The Kier molecular flexibility index (Phi) is 5.39. The Balaban J connectivity index is 1.56. The minimum atomic E-state index is -0.678.